The summed E-state index contributed by atoms with van der Waals surface area (Å²) in [4.78, 5) is 4.29. The number of fused-ring (bicyclic) bond motifs is 2. The largest absolute Gasteiger partial charge is 0.491 e. The van der Waals surface area contributed by atoms with Gasteiger partial charge < -0.3 is 24.6 Å². The molecular weight excluding hydrogens is 324 g/mol. The molecule has 0 bridgehead atoms. The molecule has 2 N–H and O–H groups in total. The second-order valence-electron chi connectivity index (χ2n) is 5.71. The third-order valence-electron chi connectivity index (χ3n) is 3.80. The summed E-state index contributed by atoms with van der Waals surface area (Å²) in [6, 6.07) is 7.18. The molecule has 0 aliphatic carbocycles. The van der Waals surface area contributed by atoms with E-state index in [1.807, 2.05) is 12.3 Å². The minimum atomic E-state index is -0.633. The molecule has 25 heavy (non-hydrogen) atoms. The van der Waals surface area contributed by atoms with Crippen LogP contribution in [0.3, 0.4) is 0 Å². The number of aliphatic hydroxyl groups excluding tert-OH is 1. The van der Waals surface area contributed by atoms with Crippen LogP contribution in [0.1, 0.15) is 5.56 Å². The van der Waals surface area contributed by atoms with Crippen LogP contribution in [0.25, 0.3) is 5.65 Å². The molecule has 0 radical (unpaired) electrons. The molecule has 1 unspecified atom stereocenters. The fourth-order valence-electron chi connectivity index (χ4n) is 2.54. The van der Waals surface area contributed by atoms with Crippen LogP contribution in [0.2, 0.25) is 0 Å². The lowest BCUT2D eigenvalue weighted by Gasteiger charge is -2.13. The van der Waals surface area contributed by atoms with Gasteiger partial charge in [0.2, 0.25) is 6.79 Å². The smallest absolute Gasteiger partial charge is 0.231 e. The van der Waals surface area contributed by atoms with Crippen molar-refractivity contribution in [1.29, 1.82) is 0 Å². The van der Waals surface area contributed by atoms with E-state index in [1.165, 1.54) is 0 Å². The van der Waals surface area contributed by atoms with Gasteiger partial charge in [0.1, 0.15) is 18.5 Å². The van der Waals surface area contributed by atoms with E-state index in [2.05, 4.69) is 15.4 Å². The molecule has 3 heterocycles. The van der Waals surface area contributed by atoms with Crippen LogP contribution in [0.5, 0.6) is 17.2 Å². The minimum absolute atomic E-state index is 0.184. The zero-order chi connectivity index (χ0) is 17.1. The molecule has 0 amide bonds. The lowest BCUT2D eigenvalue weighted by molar-refractivity contribution is 0.106. The van der Waals surface area contributed by atoms with E-state index in [9.17, 15) is 5.11 Å². The molecule has 0 saturated heterocycles. The average Bonchev–Trinajstić information content (AvgIpc) is 3.28. The van der Waals surface area contributed by atoms with Crippen LogP contribution < -0.4 is 19.5 Å². The Kier molecular flexibility index (Phi) is 4.36. The molecule has 3 aromatic rings. The van der Waals surface area contributed by atoms with Gasteiger partial charge in [0.05, 0.1) is 6.20 Å². The first-order valence-corrected chi connectivity index (χ1v) is 7.97. The lowest BCUT2D eigenvalue weighted by Crippen LogP contribution is -2.31. The van der Waals surface area contributed by atoms with E-state index in [0.717, 1.165) is 11.2 Å². The summed E-state index contributed by atoms with van der Waals surface area (Å²) in [7, 11) is 0. The molecule has 8 nitrogen and oxygen atoms in total. The number of nitrogens with zero attached hydrogens (tertiary/aromatic N) is 3. The third kappa shape index (κ3) is 3.65. The first kappa shape index (κ1) is 15.7. The van der Waals surface area contributed by atoms with Gasteiger partial charge in [-0.15, -0.1) is 0 Å². The fraction of sp³-hybridized carbons (Fsp3) is 0.294. The second-order valence-corrected chi connectivity index (χ2v) is 5.71. The van der Waals surface area contributed by atoms with Crippen LogP contribution in [0.4, 0.5) is 0 Å². The highest BCUT2D eigenvalue weighted by atomic mass is 16.7. The van der Waals surface area contributed by atoms with Gasteiger partial charge in [0.15, 0.2) is 17.1 Å². The number of hydrogen-bond donors (Lipinski definition) is 2. The molecular formula is C17H18N4O4. The van der Waals surface area contributed by atoms with Crippen molar-refractivity contribution >= 4 is 5.65 Å². The maximum atomic E-state index is 10.0. The second kappa shape index (κ2) is 6.96. The highest BCUT2D eigenvalue weighted by Gasteiger charge is 2.14. The van der Waals surface area contributed by atoms with Gasteiger partial charge in [-0.1, -0.05) is 0 Å². The first-order valence-electron chi connectivity index (χ1n) is 7.97. The zero-order valence-corrected chi connectivity index (χ0v) is 13.5. The number of nitrogens with one attached hydrogen (secondary N) is 1. The van der Waals surface area contributed by atoms with Crippen LogP contribution in [-0.2, 0) is 6.54 Å². The number of hydrogen-bond acceptors (Lipinski definition) is 7. The SMILES string of the molecule is OC(CNCc1cnc2ccnn2c1)COc1ccc2c(c1)OCO2. The molecule has 1 aliphatic rings. The summed E-state index contributed by atoms with van der Waals surface area (Å²) in [5, 5.41) is 17.4. The summed E-state index contributed by atoms with van der Waals surface area (Å²) in [5.74, 6) is 2.00. The number of benzene rings is 1. The highest BCUT2D eigenvalue weighted by Crippen LogP contribution is 2.35. The van der Waals surface area contributed by atoms with E-state index in [0.29, 0.717) is 30.3 Å². The minimum Gasteiger partial charge on any atom is -0.491 e. The van der Waals surface area contributed by atoms with Gasteiger partial charge in [-0.3, -0.25) is 0 Å². The Bertz CT molecular complexity index is 867. The van der Waals surface area contributed by atoms with Gasteiger partial charge in [-0.2, -0.15) is 5.10 Å². The predicted octanol–water partition coefficient (Wildman–Crippen LogP) is 0.987. The first-order chi connectivity index (χ1) is 12.3. The standard InChI is InChI=1S/C17H18N4O4/c22-13(10-23-14-1-2-15-16(5-14)25-11-24-15)8-18-6-12-7-19-17-3-4-20-21(17)9-12/h1-5,7,9,13,18,22H,6,8,10-11H2. The summed E-state index contributed by atoms with van der Waals surface area (Å²) >= 11 is 0. The Labute approximate surface area is 144 Å². The highest BCUT2D eigenvalue weighted by molar-refractivity contribution is 5.46. The lowest BCUT2D eigenvalue weighted by atomic mass is 10.3. The molecule has 0 spiro atoms. The van der Waals surface area contributed by atoms with Crippen molar-refractivity contribution in [2.75, 3.05) is 19.9 Å². The molecule has 0 saturated carbocycles. The van der Waals surface area contributed by atoms with Gasteiger partial charge in [-0.05, 0) is 12.1 Å². The normalized spacial score (nSPS) is 14.0. The molecule has 8 heteroatoms. The van der Waals surface area contributed by atoms with Crippen molar-refractivity contribution in [2.24, 2.45) is 0 Å². The quantitative estimate of drug-likeness (QED) is 0.662. The van der Waals surface area contributed by atoms with Gasteiger partial charge >= 0.3 is 0 Å². The molecule has 1 atom stereocenters. The molecule has 130 valence electrons. The fourth-order valence-corrected chi connectivity index (χ4v) is 2.54. The number of aromatic nitrogens is 3. The van der Waals surface area contributed by atoms with E-state index < -0.39 is 6.10 Å². The Morgan fingerprint density at radius 1 is 1.28 bits per heavy atom. The predicted molar refractivity (Wildman–Crippen MR) is 88.8 cm³/mol. The molecule has 0 fully saturated rings. The van der Waals surface area contributed by atoms with E-state index in [-0.39, 0.29) is 13.4 Å². The van der Waals surface area contributed by atoms with Crippen LogP contribution >= 0.6 is 0 Å². The monoisotopic (exact) mass is 342 g/mol. The van der Waals surface area contributed by atoms with Gasteiger partial charge in [0, 0.05) is 43.2 Å². The van der Waals surface area contributed by atoms with Crippen molar-refractivity contribution in [3.05, 3.63) is 48.4 Å². The van der Waals surface area contributed by atoms with Crippen molar-refractivity contribution in [2.45, 2.75) is 12.6 Å². The maximum absolute atomic E-state index is 10.0. The van der Waals surface area contributed by atoms with Crippen LogP contribution in [-0.4, -0.2) is 45.8 Å². The molecule has 1 aromatic carbocycles. The van der Waals surface area contributed by atoms with E-state index in [4.69, 9.17) is 14.2 Å². The molecule has 2 aromatic heterocycles. The average molecular weight is 342 g/mol. The zero-order valence-electron chi connectivity index (χ0n) is 13.5. The van der Waals surface area contributed by atoms with E-state index in [1.54, 1.807) is 35.1 Å². The number of ether oxygens (including phenoxy) is 3. The maximum Gasteiger partial charge on any atom is 0.231 e. The Morgan fingerprint density at radius 2 is 2.20 bits per heavy atom. The summed E-state index contributed by atoms with van der Waals surface area (Å²) < 4.78 is 17.9. The topological polar surface area (TPSA) is 90.1 Å². The van der Waals surface area contributed by atoms with Crippen molar-refractivity contribution in [3.63, 3.8) is 0 Å². The summed E-state index contributed by atoms with van der Waals surface area (Å²) in [6.07, 6.45) is 4.77. The number of aliphatic hydroxyl groups is 1. The Morgan fingerprint density at radius 3 is 3.16 bits per heavy atom. The van der Waals surface area contributed by atoms with E-state index >= 15 is 0 Å². The number of rotatable bonds is 7. The van der Waals surface area contributed by atoms with Gasteiger partial charge in [0.25, 0.3) is 0 Å². The molecule has 4 rings (SSSR count). The molecule has 1 aliphatic heterocycles. The van der Waals surface area contributed by atoms with Gasteiger partial charge in [-0.25, -0.2) is 9.50 Å². The van der Waals surface area contributed by atoms with Crippen molar-refractivity contribution in [3.8, 4) is 17.2 Å². The van der Waals surface area contributed by atoms with Crippen LogP contribution in [0.15, 0.2) is 42.9 Å². The van der Waals surface area contributed by atoms with Crippen molar-refractivity contribution in [1.82, 2.24) is 19.9 Å². The van der Waals surface area contributed by atoms with Crippen molar-refractivity contribution < 1.29 is 19.3 Å². The summed E-state index contributed by atoms with van der Waals surface area (Å²) in [5.41, 5.74) is 1.79. The summed E-state index contributed by atoms with van der Waals surface area (Å²) in [6.45, 7) is 1.40. The third-order valence-corrected chi connectivity index (χ3v) is 3.80. The Hall–Kier alpha value is -2.84. The van der Waals surface area contributed by atoms with Crippen LogP contribution in [0, 0.1) is 0 Å². The Balaban J connectivity index is 1.23.